The molecule has 3 aliphatic rings. The number of nitrogens with one attached hydrogen (secondary N) is 2. The van der Waals surface area contributed by atoms with Crippen molar-refractivity contribution in [2.45, 2.75) is 57.8 Å². The lowest BCUT2D eigenvalue weighted by Crippen LogP contribution is -2.38. The molecule has 3 saturated carbocycles. The van der Waals surface area contributed by atoms with E-state index in [-0.39, 0.29) is 35.5 Å². The smallest absolute Gasteiger partial charge is 0.233 e. The van der Waals surface area contributed by atoms with Crippen molar-refractivity contribution >= 4 is 23.9 Å². The van der Waals surface area contributed by atoms with Crippen molar-refractivity contribution in [3.8, 4) is 0 Å². The number of hydrogen-bond acceptors (Lipinski definition) is 5. The van der Waals surface area contributed by atoms with Gasteiger partial charge in [-0.15, -0.1) is 0 Å². The highest BCUT2D eigenvalue weighted by Crippen LogP contribution is 2.62. The minimum absolute atomic E-state index is 0.00996. The highest BCUT2D eigenvalue weighted by molar-refractivity contribution is 5.97. The number of nitrogens with zero attached hydrogens (tertiary/aromatic N) is 2. The van der Waals surface area contributed by atoms with E-state index in [1.165, 1.54) is 12.8 Å². The maximum absolute atomic E-state index is 13.6. The number of carbonyl (C=O) groups is 3. The van der Waals surface area contributed by atoms with Gasteiger partial charge < -0.3 is 5.32 Å². The maximum Gasteiger partial charge on any atom is 0.233 e. The highest BCUT2D eigenvalue weighted by atomic mass is 16.5. The van der Waals surface area contributed by atoms with E-state index < -0.39 is 5.92 Å². The van der Waals surface area contributed by atoms with Gasteiger partial charge in [0.25, 0.3) is 0 Å². The van der Waals surface area contributed by atoms with Gasteiger partial charge in [-0.2, -0.15) is 5.10 Å². The van der Waals surface area contributed by atoms with Gasteiger partial charge in [0.05, 0.1) is 6.54 Å². The molecule has 0 aliphatic heterocycles. The lowest BCUT2D eigenvalue weighted by molar-refractivity contribution is -0.155. The van der Waals surface area contributed by atoms with Gasteiger partial charge in [0.15, 0.2) is 5.82 Å². The van der Waals surface area contributed by atoms with E-state index in [9.17, 15) is 19.6 Å². The van der Waals surface area contributed by atoms with Crippen LogP contribution in [0.3, 0.4) is 0 Å². The SMILES string of the molecule is O=CN(O)C[C@@H](CC1CCCC1)C(=O)C1CC2(CC2)C[C@H]1C(=O)Nc1cc[nH]n1. The van der Waals surface area contributed by atoms with Crippen molar-refractivity contribution in [1.29, 1.82) is 0 Å². The van der Waals surface area contributed by atoms with Crippen LogP contribution in [0.25, 0.3) is 0 Å². The van der Waals surface area contributed by atoms with Crippen molar-refractivity contribution < 1.29 is 19.6 Å². The summed E-state index contributed by atoms with van der Waals surface area (Å²) in [6, 6.07) is 1.69. The number of carbonyl (C=O) groups excluding carboxylic acids is 3. The Balaban J connectivity index is 1.50. The van der Waals surface area contributed by atoms with Gasteiger partial charge in [-0.25, -0.2) is 5.06 Å². The molecular formula is C21H30N4O4. The molecule has 0 bridgehead atoms. The van der Waals surface area contributed by atoms with E-state index in [2.05, 4.69) is 15.5 Å². The van der Waals surface area contributed by atoms with Crippen LogP contribution in [0.4, 0.5) is 5.82 Å². The van der Waals surface area contributed by atoms with Gasteiger partial charge in [0.2, 0.25) is 12.3 Å². The average Bonchev–Trinajstić information content (AvgIpc) is 3.13. The lowest BCUT2D eigenvalue weighted by Gasteiger charge is -2.26. The number of anilines is 1. The van der Waals surface area contributed by atoms with E-state index >= 15 is 0 Å². The molecule has 3 atom stereocenters. The average molecular weight is 402 g/mol. The molecule has 8 nitrogen and oxygen atoms in total. The van der Waals surface area contributed by atoms with Crippen LogP contribution >= 0.6 is 0 Å². The molecule has 0 saturated heterocycles. The molecule has 29 heavy (non-hydrogen) atoms. The Labute approximate surface area is 170 Å². The molecule has 1 unspecified atom stereocenters. The summed E-state index contributed by atoms with van der Waals surface area (Å²) < 4.78 is 0. The van der Waals surface area contributed by atoms with E-state index in [1.807, 2.05) is 0 Å². The fourth-order valence-electron chi connectivity index (χ4n) is 5.51. The van der Waals surface area contributed by atoms with E-state index in [0.29, 0.717) is 29.6 Å². The molecule has 1 spiro atoms. The molecule has 158 valence electrons. The second-order valence-corrected chi connectivity index (χ2v) is 9.28. The predicted molar refractivity (Wildman–Crippen MR) is 105 cm³/mol. The Hall–Kier alpha value is -2.22. The number of ketones is 1. The van der Waals surface area contributed by atoms with Crippen LogP contribution < -0.4 is 5.32 Å². The Morgan fingerprint density at radius 2 is 2.03 bits per heavy atom. The van der Waals surface area contributed by atoms with Gasteiger partial charge in [0.1, 0.15) is 5.78 Å². The standard InChI is InChI=1S/C21H30N4O4/c26-13-25(29)12-15(9-14-3-1-2-4-14)19(27)16-10-21(6-7-21)11-17(16)20(28)23-18-5-8-22-24-18/h5,8,13-17,29H,1-4,6-7,9-12H2,(H2,22,23,24,28)/t15-,16?,17-/m1/s1. The second kappa shape index (κ2) is 8.26. The minimum Gasteiger partial charge on any atom is -0.309 e. The molecule has 0 radical (unpaired) electrons. The molecule has 1 heterocycles. The fourth-order valence-corrected chi connectivity index (χ4v) is 5.51. The highest BCUT2D eigenvalue weighted by Gasteiger charge is 2.57. The van der Waals surface area contributed by atoms with Crippen LogP contribution in [0.2, 0.25) is 0 Å². The lowest BCUT2D eigenvalue weighted by atomic mass is 9.80. The molecule has 8 heteroatoms. The van der Waals surface area contributed by atoms with Crippen molar-refractivity contribution in [3.63, 3.8) is 0 Å². The largest absolute Gasteiger partial charge is 0.309 e. The van der Waals surface area contributed by atoms with Crippen LogP contribution in [-0.4, -0.2) is 45.1 Å². The van der Waals surface area contributed by atoms with E-state index in [0.717, 1.165) is 38.5 Å². The zero-order valence-electron chi connectivity index (χ0n) is 16.7. The monoisotopic (exact) mass is 402 g/mol. The van der Waals surface area contributed by atoms with E-state index in [1.54, 1.807) is 12.3 Å². The summed E-state index contributed by atoms with van der Waals surface area (Å²) in [7, 11) is 0. The quantitative estimate of drug-likeness (QED) is 0.334. The number of hydroxylamine groups is 2. The van der Waals surface area contributed by atoms with Crippen LogP contribution in [0.5, 0.6) is 0 Å². The molecule has 3 N–H and O–H groups in total. The fraction of sp³-hybridized carbons (Fsp3) is 0.714. The van der Waals surface area contributed by atoms with Crippen molar-refractivity contribution in [2.75, 3.05) is 11.9 Å². The topological polar surface area (TPSA) is 115 Å². The molecule has 1 aromatic rings. The molecule has 4 rings (SSSR count). The number of rotatable bonds is 9. The summed E-state index contributed by atoms with van der Waals surface area (Å²) >= 11 is 0. The zero-order valence-corrected chi connectivity index (χ0v) is 16.7. The third kappa shape index (κ3) is 4.52. The Morgan fingerprint density at radius 1 is 1.31 bits per heavy atom. The van der Waals surface area contributed by atoms with E-state index in [4.69, 9.17) is 0 Å². The van der Waals surface area contributed by atoms with Gasteiger partial charge in [0, 0.05) is 30.0 Å². The third-order valence-electron chi connectivity index (χ3n) is 7.23. The van der Waals surface area contributed by atoms with Crippen LogP contribution in [-0.2, 0) is 14.4 Å². The summed E-state index contributed by atoms with van der Waals surface area (Å²) in [4.78, 5) is 37.5. The maximum atomic E-state index is 13.6. The molecule has 2 amide bonds. The number of aromatic nitrogens is 2. The first-order chi connectivity index (χ1) is 14.0. The van der Waals surface area contributed by atoms with Gasteiger partial charge in [-0.1, -0.05) is 25.7 Å². The van der Waals surface area contributed by atoms with Crippen molar-refractivity contribution in [3.05, 3.63) is 12.3 Å². The number of Topliss-reactive ketones (excluding diaryl/α,β-unsaturated/α-hetero) is 1. The molecule has 3 aliphatic carbocycles. The van der Waals surface area contributed by atoms with Crippen molar-refractivity contribution in [2.24, 2.45) is 29.1 Å². The third-order valence-corrected chi connectivity index (χ3v) is 7.23. The zero-order chi connectivity index (χ0) is 20.4. The summed E-state index contributed by atoms with van der Waals surface area (Å²) in [5.41, 5.74) is 0.120. The second-order valence-electron chi connectivity index (χ2n) is 9.28. The minimum atomic E-state index is -0.423. The normalized spacial score (nSPS) is 26.4. The van der Waals surface area contributed by atoms with Gasteiger partial charge >= 0.3 is 0 Å². The first-order valence-electron chi connectivity index (χ1n) is 10.7. The number of H-pyrrole nitrogens is 1. The van der Waals surface area contributed by atoms with Crippen LogP contribution in [0.15, 0.2) is 12.3 Å². The molecular weight excluding hydrogens is 372 g/mol. The summed E-state index contributed by atoms with van der Waals surface area (Å²) in [5.74, 6) is -0.370. The number of aromatic amines is 1. The Kier molecular flexibility index (Phi) is 5.72. The number of amides is 2. The van der Waals surface area contributed by atoms with Crippen LogP contribution in [0.1, 0.15) is 57.8 Å². The first-order valence-corrected chi connectivity index (χ1v) is 10.7. The van der Waals surface area contributed by atoms with Gasteiger partial charge in [-0.3, -0.25) is 24.7 Å². The van der Waals surface area contributed by atoms with Crippen LogP contribution in [0, 0.1) is 29.1 Å². The molecule has 1 aromatic heterocycles. The molecule has 3 fully saturated rings. The predicted octanol–water partition coefficient (Wildman–Crippen LogP) is 2.77. The first kappa shape index (κ1) is 20.1. The molecule has 0 aromatic carbocycles. The van der Waals surface area contributed by atoms with Crippen molar-refractivity contribution in [1.82, 2.24) is 15.3 Å². The Morgan fingerprint density at radius 3 is 2.66 bits per heavy atom. The summed E-state index contributed by atoms with van der Waals surface area (Å²) in [6.07, 6.45) is 10.8. The number of hydrogen-bond donors (Lipinski definition) is 3. The summed E-state index contributed by atoms with van der Waals surface area (Å²) in [6.45, 7) is 0.00996. The Bertz CT molecular complexity index is 740. The van der Waals surface area contributed by atoms with Gasteiger partial charge in [-0.05, 0) is 43.4 Å². The summed E-state index contributed by atoms with van der Waals surface area (Å²) in [5, 5.41) is 19.8.